The summed E-state index contributed by atoms with van der Waals surface area (Å²) in [6.07, 6.45) is 0.442. The van der Waals surface area contributed by atoms with Crippen LogP contribution in [0.4, 0.5) is 10.1 Å². The molecule has 0 radical (unpaired) electrons. The Labute approximate surface area is 158 Å². The van der Waals surface area contributed by atoms with Gasteiger partial charge in [0.1, 0.15) is 11.9 Å². The maximum absolute atomic E-state index is 13.2. The van der Waals surface area contributed by atoms with Gasteiger partial charge in [0.05, 0.1) is 13.7 Å². The van der Waals surface area contributed by atoms with Crippen molar-refractivity contribution in [1.29, 1.82) is 0 Å². The van der Waals surface area contributed by atoms with Crippen molar-refractivity contribution in [2.24, 2.45) is 0 Å². The second-order valence-corrected chi connectivity index (χ2v) is 6.52. The molecule has 2 aromatic rings. The van der Waals surface area contributed by atoms with E-state index in [2.05, 4.69) is 0 Å². The maximum Gasteiger partial charge on any atom is 0.328 e. The third-order valence-corrected chi connectivity index (χ3v) is 4.94. The van der Waals surface area contributed by atoms with E-state index in [9.17, 15) is 14.0 Å². The largest absolute Gasteiger partial charge is 0.467 e. The van der Waals surface area contributed by atoms with Crippen molar-refractivity contribution in [3.05, 3.63) is 65.5 Å². The van der Waals surface area contributed by atoms with Crippen LogP contribution in [0.2, 0.25) is 0 Å². The number of ether oxygens (including phenoxy) is 1. The fourth-order valence-electron chi connectivity index (χ4n) is 3.42. The number of nitrogens with zero attached hydrogens (tertiary/aromatic N) is 2. The van der Waals surface area contributed by atoms with Gasteiger partial charge in [0.25, 0.3) is 0 Å². The van der Waals surface area contributed by atoms with Crippen LogP contribution in [-0.4, -0.2) is 43.0 Å². The highest BCUT2D eigenvalue weighted by molar-refractivity contribution is 5.88. The molecule has 27 heavy (non-hydrogen) atoms. The van der Waals surface area contributed by atoms with E-state index < -0.39 is 12.0 Å². The van der Waals surface area contributed by atoms with Crippen molar-refractivity contribution in [2.45, 2.75) is 25.9 Å². The standard InChI is InChI=1S/C21H23FN2O3/c1-3-23(18-10-8-17(22)9-11-18)14-20(25)24-13-16-7-5-4-6-15(16)12-19(24)21(26)27-2/h4-11,19H,3,12-14H2,1-2H3. The van der Waals surface area contributed by atoms with Gasteiger partial charge in [-0.2, -0.15) is 0 Å². The molecule has 0 saturated carbocycles. The maximum atomic E-state index is 13.2. The van der Waals surface area contributed by atoms with E-state index >= 15 is 0 Å². The molecule has 142 valence electrons. The lowest BCUT2D eigenvalue weighted by atomic mass is 9.94. The lowest BCUT2D eigenvalue weighted by molar-refractivity contribution is -0.153. The Kier molecular flexibility index (Phi) is 5.74. The van der Waals surface area contributed by atoms with Crippen LogP contribution in [0.5, 0.6) is 0 Å². The third kappa shape index (κ3) is 4.10. The van der Waals surface area contributed by atoms with Crippen LogP contribution < -0.4 is 4.90 Å². The summed E-state index contributed by atoms with van der Waals surface area (Å²) < 4.78 is 18.1. The van der Waals surface area contributed by atoms with Gasteiger partial charge in [-0.3, -0.25) is 4.79 Å². The highest BCUT2D eigenvalue weighted by Crippen LogP contribution is 2.25. The molecule has 2 aromatic carbocycles. The van der Waals surface area contributed by atoms with E-state index in [0.717, 1.165) is 16.8 Å². The van der Waals surface area contributed by atoms with Crippen LogP contribution in [0.15, 0.2) is 48.5 Å². The summed E-state index contributed by atoms with van der Waals surface area (Å²) in [4.78, 5) is 28.8. The summed E-state index contributed by atoms with van der Waals surface area (Å²) in [5.74, 6) is -0.895. The van der Waals surface area contributed by atoms with Crippen LogP contribution in [0.3, 0.4) is 0 Å². The molecule has 1 amide bonds. The molecule has 1 aliphatic heterocycles. The monoisotopic (exact) mass is 370 g/mol. The van der Waals surface area contributed by atoms with Crippen molar-refractivity contribution >= 4 is 17.6 Å². The van der Waals surface area contributed by atoms with Gasteiger partial charge in [-0.15, -0.1) is 0 Å². The van der Waals surface area contributed by atoms with E-state index in [0.29, 0.717) is 19.5 Å². The molecule has 1 unspecified atom stereocenters. The predicted molar refractivity (Wildman–Crippen MR) is 101 cm³/mol. The summed E-state index contributed by atoms with van der Waals surface area (Å²) in [5.41, 5.74) is 2.86. The number of carbonyl (C=O) groups excluding carboxylic acids is 2. The summed E-state index contributed by atoms with van der Waals surface area (Å²) in [7, 11) is 1.34. The molecule has 0 fully saturated rings. The van der Waals surface area contributed by atoms with Gasteiger partial charge in [-0.1, -0.05) is 24.3 Å². The Balaban J connectivity index is 1.82. The highest BCUT2D eigenvalue weighted by Gasteiger charge is 2.35. The molecule has 0 aromatic heterocycles. The van der Waals surface area contributed by atoms with Gasteiger partial charge in [0.2, 0.25) is 5.91 Å². The highest BCUT2D eigenvalue weighted by atomic mass is 19.1. The Morgan fingerprint density at radius 3 is 2.44 bits per heavy atom. The Morgan fingerprint density at radius 1 is 1.15 bits per heavy atom. The molecule has 0 N–H and O–H groups in total. The summed E-state index contributed by atoms with van der Waals surface area (Å²) >= 11 is 0. The van der Waals surface area contributed by atoms with E-state index in [-0.39, 0.29) is 18.3 Å². The molecule has 1 aliphatic rings. The molecular formula is C21H23FN2O3. The summed E-state index contributed by atoms with van der Waals surface area (Å²) in [5, 5.41) is 0. The molecular weight excluding hydrogens is 347 g/mol. The fourth-order valence-corrected chi connectivity index (χ4v) is 3.42. The number of esters is 1. The number of amides is 1. The van der Waals surface area contributed by atoms with E-state index in [4.69, 9.17) is 4.74 Å². The van der Waals surface area contributed by atoms with Crippen molar-refractivity contribution in [3.63, 3.8) is 0 Å². The SMILES string of the molecule is CCN(CC(=O)N1Cc2ccccc2CC1C(=O)OC)c1ccc(F)cc1. The second kappa shape index (κ2) is 8.20. The number of rotatable bonds is 5. The number of methoxy groups -OCH3 is 1. The molecule has 1 heterocycles. The van der Waals surface area contributed by atoms with Gasteiger partial charge < -0.3 is 14.5 Å². The van der Waals surface area contributed by atoms with Crippen LogP contribution >= 0.6 is 0 Å². The third-order valence-electron chi connectivity index (χ3n) is 4.94. The molecule has 3 rings (SSSR count). The number of carbonyl (C=O) groups is 2. The van der Waals surface area contributed by atoms with Crippen LogP contribution in [-0.2, 0) is 27.3 Å². The van der Waals surface area contributed by atoms with Crippen molar-refractivity contribution in [3.8, 4) is 0 Å². The topological polar surface area (TPSA) is 49.9 Å². The van der Waals surface area contributed by atoms with Gasteiger partial charge in [-0.25, -0.2) is 9.18 Å². The first-order valence-corrected chi connectivity index (χ1v) is 8.98. The lowest BCUT2D eigenvalue weighted by Gasteiger charge is -2.36. The number of anilines is 1. The average Bonchev–Trinajstić information content (AvgIpc) is 2.71. The number of hydrogen-bond acceptors (Lipinski definition) is 4. The van der Waals surface area contributed by atoms with Crippen LogP contribution in [0, 0.1) is 5.82 Å². The van der Waals surface area contributed by atoms with Crippen molar-refractivity contribution in [1.82, 2.24) is 4.90 Å². The number of benzene rings is 2. The minimum Gasteiger partial charge on any atom is -0.467 e. The Morgan fingerprint density at radius 2 is 1.81 bits per heavy atom. The minimum atomic E-state index is -0.635. The molecule has 0 bridgehead atoms. The van der Waals surface area contributed by atoms with E-state index in [1.54, 1.807) is 17.0 Å². The Bertz CT molecular complexity index is 822. The molecule has 5 nitrogen and oxygen atoms in total. The summed E-state index contributed by atoms with van der Waals surface area (Å²) in [6.45, 7) is 3.00. The average molecular weight is 370 g/mol. The first kappa shape index (κ1) is 18.9. The van der Waals surface area contributed by atoms with Crippen LogP contribution in [0.25, 0.3) is 0 Å². The zero-order chi connectivity index (χ0) is 19.4. The van der Waals surface area contributed by atoms with E-state index in [1.165, 1.54) is 19.2 Å². The molecule has 6 heteroatoms. The first-order chi connectivity index (χ1) is 13.0. The second-order valence-electron chi connectivity index (χ2n) is 6.52. The van der Waals surface area contributed by atoms with Crippen LogP contribution in [0.1, 0.15) is 18.1 Å². The lowest BCUT2D eigenvalue weighted by Crippen LogP contribution is -2.52. The quantitative estimate of drug-likeness (QED) is 0.760. The first-order valence-electron chi connectivity index (χ1n) is 8.98. The number of halogens is 1. The minimum absolute atomic E-state index is 0.109. The molecule has 0 aliphatic carbocycles. The predicted octanol–water partition coefficient (Wildman–Crippen LogP) is 2.78. The van der Waals surface area contributed by atoms with Gasteiger partial charge in [0.15, 0.2) is 0 Å². The Hall–Kier alpha value is -2.89. The number of fused-ring (bicyclic) bond motifs is 1. The zero-order valence-corrected chi connectivity index (χ0v) is 15.5. The molecule has 0 saturated heterocycles. The smallest absolute Gasteiger partial charge is 0.328 e. The van der Waals surface area contributed by atoms with Gasteiger partial charge in [0, 0.05) is 25.2 Å². The van der Waals surface area contributed by atoms with E-state index in [1.807, 2.05) is 36.1 Å². The van der Waals surface area contributed by atoms with Crippen molar-refractivity contribution in [2.75, 3.05) is 25.1 Å². The van der Waals surface area contributed by atoms with Gasteiger partial charge in [-0.05, 0) is 42.3 Å². The summed E-state index contributed by atoms with van der Waals surface area (Å²) in [6, 6.07) is 13.2. The molecule has 1 atom stereocenters. The van der Waals surface area contributed by atoms with Crippen molar-refractivity contribution < 1.29 is 18.7 Å². The zero-order valence-electron chi connectivity index (χ0n) is 15.5. The molecule has 0 spiro atoms. The normalized spacial score (nSPS) is 15.8. The van der Waals surface area contributed by atoms with Gasteiger partial charge >= 0.3 is 5.97 Å². The fraction of sp³-hybridized carbons (Fsp3) is 0.333. The number of hydrogen-bond donors (Lipinski definition) is 0. The number of likely N-dealkylation sites (N-methyl/N-ethyl adjacent to an activating group) is 1.